The number of hydrogen-bond donors (Lipinski definition) is 4. The molecule has 0 radical (unpaired) electrons. The summed E-state index contributed by atoms with van der Waals surface area (Å²) in [5.74, 6) is -0.408. The number of aromatic hydroxyl groups is 1. The van der Waals surface area contributed by atoms with Crippen molar-refractivity contribution in [2.45, 2.75) is 24.5 Å². The summed E-state index contributed by atoms with van der Waals surface area (Å²) in [7, 11) is 0. The van der Waals surface area contributed by atoms with Crippen LogP contribution in [-0.2, 0) is 4.74 Å². The highest BCUT2D eigenvalue weighted by Gasteiger charge is 2.29. The van der Waals surface area contributed by atoms with Gasteiger partial charge >= 0.3 is 6.09 Å². The number of benzene rings is 3. The van der Waals surface area contributed by atoms with Crippen LogP contribution < -0.4 is 5.32 Å². The Morgan fingerprint density at radius 3 is 2.26 bits per heavy atom. The summed E-state index contributed by atoms with van der Waals surface area (Å²) in [5.41, 5.74) is 3.78. The van der Waals surface area contributed by atoms with E-state index in [2.05, 4.69) is 5.32 Å². The molecule has 0 spiro atoms. The largest absolute Gasteiger partial charge is 0.508 e. The number of carbonyl (C=O) groups excluding carboxylic acids is 1. The number of fused-ring (bicyclic) bond motifs is 3. The Hall–Kier alpha value is -3.95. The first-order valence-corrected chi connectivity index (χ1v) is 10.8. The number of nitro groups is 1. The number of alkyl carbamates (subject to hydrolysis) is 1. The lowest BCUT2D eigenvalue weighted by atomic mass is 9.98. The fraction of sp³-hybridized carbons (Fsp3) is 0.240. The summed E-state index contributed by atoms with van der Waals surface area (Å²) in [6.07, 6.45) is -3.68. The van der Waals surface area contributed by atoms with E-state index in [9.17, 15) is 30.2 Å². The maximum Gasteiger partial charge on any atom is 0.407 e. The number of nitro benzene ring substituents is 1. The van der Waals surface area contributed by atoms with Gasteiger partial charge in [-0.2, -0.15) is 0 Å². The molecule has 34 heavy (non-hydrogen) atoms. The number of nitrogens with one attached hydrogen (secondary N) is 1. The van der Waals surface area contributed by atoms with Crippen molar-refractivity contribution < 1.29 is 29.8 Å². The fourth-order valence-electron chi connectivity index (χ4n) is 4.28. The van der Waals surface area contributed by atoms with E-state index in [1.807, 2.05) is 48.5 Å². The van der Waals surface area contributed by atoms with Crippen LogP contribution in [0.5, 0.6) is 5.75 Å². The van der Waals surface area contributed by atoms with Crippen molar-refractivity contribution in [3.63, 3.8) is 0 Å². The van der Waals surface area contributed by atoms with E-state index in [-0.39, 0.29) is 36.8 Å². The van der Waals surface area contributed by atoms with Gasteiger partial charge in [0, 0.05) is 12.5 Å². The molecule has 1 aliphatic carbocycles. The van der Waals surface area contributed by atoms with Gasteiger partial charge in [0.05, 0.1) is 22.7 Å². The molecule has 3 aromatic rings. The standard InChI is InChI=1S/C25H24N2O7/c28-15-9-10-20(22(13-15)27(32)33)24(30)23(29)11-12-26-25(31)34-14-21-18-7-3-1-5-16(18)17-6-2-4-8-19(17)21/h1-10,13,21,23-24,28-30H,11-12,14H2,(H,26,31). The van der Waals surface area contributed by atoms with Crippen LogP contribution in [0.3, 0.4) is 0 Å². The molecule has 9 heteroatoms. The normalized spacial score (nSPS) is 14.1. The monoisotopic (exact) mass is 464 g/mol. The minimum absolute atomic E-state index is 0.0131. The molecule has 0 aliphatic heterocycles. The second-order valence-electron chi connectivity index (χ2n) is 8.05. The Morgan fingerprint density at radius 2 is 1.65 bits per heavy atom. The second kappa shape index (κ2) is 9.90. The minimum atomic E-state index is -1.56. The summed E-state index contributed by atoms with van der Waals surface area (Å²) in [5, 5.41) is 43.7. The van der Waals surface area contributed by atoms with Crippen molar-refractivity contribution in [2.75, 3.05) is 13.2 Å². The van der Waals surface area contributed by atoms with Gasteiger partial charge < -0.3 is 25.4 Å². The summed E-state index contributed by atoms with van der Waals surface area (Å²) in [6, 6.07) is 19.2. The number of amides is 1. The molecule has 3 aromatic carbocycles. The molecule has 0 bridgehead atoms. The van der Waals surface area contributed by atoms with E-state index < -0.39 is 28.9 Å². The van der Waals surface area contributed by atoms with Gasteiger partial charge in [0.2, 0.25) is 0 Å². The van der Waals surface area contributed by atoms with Gasteiger partial charge in [-0.1, -0.05) is 48.5 Å². The third-order valence-corrected chi connectivity index (χ3v) is 5.95. The minimum Gasteiger partial charge on any atom is -0.508 e. The Morgan fingerprint density at radius 1 is 1.03 bits per heavy atom. The lowest BCUT2D eigenvalue weighted by molar-refractivity contribution is -0.386. The van der Waals surface area contributed by atoms with Gasteiger partial charge in [0.25, 0.3) is 5.69 Å². The summed E-state index contributed by atoms with van der Waals surface area (Å²) >= 11 is 0. The Bertz CT molecular complexity index is 1170. The first-order chi connectivity index (χ1) is 16.4. The fourth-order valence-corrected chi connectivity index (χ4v) is 4.28. The molecular weight excluding hydrogens is 440 g/mol. The van der Waals surface area contributed by atoms with Gasteiger partial charge in [-0.05, 0) is 40.8 Å². The van der Waals surface area contributed by atoms with Crippen LogP contribution in [0.25, 0.3) is 11.1 Å². The highest BCUT2D eigenvalue weighted by Crippen LogP contribution is 2.44. The summed E-state index contributed by atoms with van der Waals surface area (Å²) < 4.78 is 5.42. The third-order valence-electron chi connectivity index (χ3n) is 5.95. The first kappa shape index (κ1) is 23.2. The maximum atomic E-state index is 12.2. The van der Waals surface area contributed by atoms with Crippen LogP contribution in [0.1, 0.15) is 35.1 Å². The van der Waals surface area contributed by atoms with Gasteiger partial charge in [0.1, 0.15) is 18.5 Å². The van der Waals surface area contributed by atoms with E-state index in [4.69, 9.17) is 4.74 Å². The Balaban J connectivity index is 1.30. The van der Waals surface area contributed by atoms with Crippen molar-refractivity contribution in [3.05, 3.63) is 93.5 Å². The Labute approximate surface area is 195 Å². The molecule has 0 saturated heterocycles. The highest BCUT2D eigenvalue weighted by molar-refractivity contribution is 5.79. The molecule has 1 amide bonds. The number of aliphatic hydroxyl groups excluding tert-OH is 2. The molecule has 9 nitrogen and oxygen atoms in total. The molecule has 0 heterocycles. The second-order valence-corrected chi connectivity index (χ2v) is 8.05. The molecule has 4 rings (SSSR count). The van der Waals surface area contributed by atoms with E-state index in [0.717, 1.165) is 28.3 Å². The smallest absolute Gasteiger partial charge is 0.407 e. The van der Waals surface area contributed by atoms with Crippen molar-refractivity contribution in [1.29, 1.82) is 0 Å². The molecule has 0 aromatic heterocycles. The van der Waals surface area contributed by atoms with Gasteiger partial charge in [0.15, 0.2) is 0 Å². The van der Waals surface area contributed by atoms with Crippen LogP contribution in [0, 0.1) is 10.1 Å². The number of hydrogen-bond acceptors (Lipinski definition) is 7. The van der Waals surface area contributed by atoms with Crippen LogP contribution >= 0.6 is 0 Å². The van der Waals surface area contributed by atoms with Gasteiger partial charge in [-0.25, -0.2) is 4.79 Å². The van der Waals surface area contributed by atoms with E-state index in [1.165, 1.54) is 12.1 Å². The highest BCUT2D eigenvalue weighted by atomic mass is 16.6. The number of nitrogens with zero attached hydrogens (tertiary/aromatic N) is 1. The number of ether oxygens (including phenoxy) is 1. The predicted octanol–water partition coefficient (Wildman–Crippen LogP) is 3.62. The number of carbonyl (C=O) groups is 1. The van der Waals surface area contributed by atoms with Crippen molar-refractivity contribution in [3.8, 4) is 16.9 Å². The molecule has 4 N–H and O–H groups in total. The first-order valence-electron chi connectivity index (χ1n) is 10.8. The zero-order valence-electron chi connectivity index (χ0n) is 18.1. The van der Waals surface area contributed by atoms with E-state index in [1.54, 1.807) is 0 Å². The van der Waals surface area contributed by atoms with Crippen molar-refractivity contribution in [1.82, 2.24) is 5.32 Å². The number of phenols is 1. The molecule has 0 saturated carbocycles. The van der Waals surface area contributed by atoms with Crippen LogP contribution in [0.15, 0.2) is 66.7 Å². The summed E-state index contributed by atoms with van der Waals surface area (Å²) in [6.45, 7) is 0.130. The SMILES string of the molecule is O=C(NCCC(O)C(O)c1ccc(O)cc1[N+](=O)[O-])OCC1c2ccccc2-c2ccccc21. The maximum absolute atomic E-state index is 12.2. The molecule has 0 fully saturated rings. The molecule has 2 unspecified atom stereocenters. The van der Waals surface area contributed by atoms with E-state index >= 15 is 0 Å². The number of phenolic OH excluding ortho intramolecular Hbond substituents is 1. The van der Waals surface area contributed by atoms with Gasteiger partial charge in [-0.15, -0.1) is 0 Å². The van der Waals surface area contributed by atoms with Gasteiger partial charge in [-0.3, -0.25) is 10.1 Å². The topological polar surface area (TPSA) is 142 Å². The average Bonchev–Trinajstić information content (AvgIpc) is 3.16. The zero-order chi connectivity index (χ0) is 24.2. The molecular formula is C25H24N2O7. The lowest BCUT2D eigenvalue weighted by Crippen LogP contribution is -2.30. The average molecular weight is 464 g/mol. The van der Waals surface area contributed by atoms with Crippen molar-refractivity contribution >= 4 is 11.8 Å². The quantitative estimate of drug-likeness (QED) is 0.295. The number of rotatable bonds is 8. The molecule has 2 atom stereocenters. The number of aliphatic hydroxyl groups is 2. The van der Waals surface area contributed by atoms with Crippen LogP contribution in [0.4, 0.5) is 10.5 Å². The predicted molar refractivity (Wildman–Crippen MR) is 123 cm³/mol. The zero-order valence-corrected chi connectivity index (χ0v) is 18.1. The lowest BCUT2D eigenvalue weighted by Gasteiger charge is -2.19. The van der Waals surface area contributed by atoms with Crippen molar-refractivity contribution in [2.24, 2.45) is 0 Å². The third kappa shape index (κ3) is 4.70. The van der Waals surface area contributed by atoms with Crippen LogP contribution in [-0.4, -0.2) is 45.6 Å². The molecule has 1 aliphatic rings. The van der Waals surface area contributed by atoms with E-state index in [0.29, 0.717) is 0 Å². The van der Waals surface area contributed by atoms with Crippen LogP contribution in [0.2, 0.25) is 0 Å². The molecule has 176 valence electrons. The summed E-state index contributed by atoms with van der Waals surface area (Å²) in [4.78, 5) is 22.6. The Kier molecular flexibility index (Phi) is 6.76.